The number of nitrogens with zero attached hydrogens (tertiary/aromatic N) is 1. The maximum Gasteiger partial charge on any atom is 0.407 e. The minimum Gasteiger partial charge on any atom is -0.465 e. The predicted octanol–water partition coefficient (Wildman–Crippen LogP) is 2.78. The van der Waals surface area contributed by atoms with Crippen molar-refractivity contribution in [2.24, 2.45) is 5.92 Å². The zero-order valence-electron chi connectivity index (χ0n) is 11.7. The second-order valence-corrected chi connectivity index (χ2v) is 5.64. The van der Waals surface area contributed by atoms with Gasteiger partial charge in [-0.2, -0.15) is 0 Å². The molecule has 2 atom stereocenters. The van der Waals surface area contributed by atoms with Crippen molar-refractivity contribution in [3.05, 3.63) is 34.9 Å². The van der Waals surface area contributed by atoms with E-state index in [9.17, 15) is 4.79 Å². The Hall–Kier alpha value is -1.30. The summed E-state index contributed by atoms with van der Waals surface area (Å²) in [6, 6.07) is 7.40. The van der Waals surface area contributed by atoms with Crippen LogP contribution in [0.5, 0.6) is 0 Å². The summed E-state index contributed by atoms with van der Waals surface area (Å²) >= 11 is 6.03. The highest BCUT2D eigenvalue weighted by atomic mass is 35.5. The van der Waals surface area contributed by atoms with Gasteiger partial charge in [0.2, 0.25) is 0 Å². The van der Waals surface area contributed by atoms with Gasteiger partial charge < -0.3 is 19.8 Å². The Morgan fingerprint density at radius 1 is 1.52 bits per heavy atom. The van der Waals surface area contributed by atoms with E-state index in [1.54, 1.807) is 6.07 Å². The van der Waals surface area contributed by atoms with Crippen LogP contribution in [0.15, 0.2) is 24.3 Å². The molecule has 1 aliphatic heterocycles. The average molecular weight is 314 g/mol. The summed E-state index contributed by atoms with van der Waals surface area (Å²) in [4.78, 5) is 12.6. The fourth-order valence-electron chi connectivity index (χ4n) is 2.80. The highest BCUT2D eigenvalue weighted by Gasteiger charge is 2.31. The first-order valence-corrected chi connectivity index (χ1v) is 7.45. The van der Waals surface area contributed by atoms with E-state index in [0.717, 1.165) is 18.4 Å². The van der Waals surface area contributed by atoms with Crippen LogP contribution in [0.4, 0.5) is 4.79 Å². The molecule has 1 heterocycles. The van der Waals surface area contributed by atoms with Gasteiger partial charge in [-0.1, -0.05) is 23.7 Å². The molecule has 0 saturated carbocycles. The molecule has 1 aromatic carbocycles. The molecule has 1 fully saturated rings. The number of carboxylic acid groups (broad SMARTS) is 1. The fraction of sp³-hybridized carbons (Fsp3) is 0.533. The first-order chi connectivity index (χ1) is 10.1. The van der Waals surface area contributed by atoms with Crippen molar-refractivity contribution in [3.8, 4) is 0 Å². The maximum atomic E-state index is 11.2. The van der Waals surface area contributed by atoms with E-state index in [1.165, 1.54) is 4.90 Å². The Kier molecular flexibility index (Phi) is 5.85. The number of likely N-dealkylation sites (tertiary alicyclic amines) is 1. The predicted molar refractivity (Wildman–Crippen MR) is 79.6 cm³/mol. The van der Waals surface area contributed by atoms with Crippen LogP contribution in [-0.2, 0) is 4.74 Å². The van der Waals surface area contributed by atoms with Crippen molar-refractivity contribution in [1.29, 1.82) is 0 Å². The number of halogens is 1. The van der Waals surface area contributed by atoms with Gasteiger partial charge in [-0.3, -0.25) is 0 Å². The van der Waals surface area contributed by atoms with Gasteiger partial charge in [0, 0.05) is 24.0 Å². The Morgan fingerprint density at radius 2 is 2.33 bits per heavy atom. The van der Waals surface area contributed by atoms with Gasteiger partial charge in [-0.25, -0.2) is 4.79 Å². The van der Waals surface area contributed by atoms with Crippen molar-refractivity contribution in [2.45, 2.75) is 18.9 Å². The molecular formula is C15H20ClNO4. The maximum absolute atomic E-state index is 11.2. The van der Waals surface area contributed by atoms with E-state index in [-0.39, 0.29) is 25.2 Å². The molecule has 116 valence electrons. The van der Waals surface area contributed by atoms with E-state index in [0.29, 0.717) is 18.1 Å². The summed E-state index contributed by atoms with van der Waals surface area (Å²) in [5.74, 6) is 0.0693. The number of hydrogen-bond acceptors (Lipinski definition) is 3. The third-order valence-corrected chi connectivity index (χ3v) is 3.96. The van der Waals surface area contributed by atoms with Crippen LogP contribution in [-0.4, -0.2) is 47.5 Å². The van der Waals surface area contributed by atoms with Crippen LogP contribution in [0.1, 0.15) is 24.5 Å². The Labute approximate surface area is 129 Å². The molecule has 0 aromatic heterocycles. The smallest absolute Gasteiger partial charge is 0.407 e. The number of hydrogen-bond donors (Lipinski definition) is 2. The highest BCUT2D eigenvalue weighted by Crippen LogP contribution is 2.33. The summed E-state index contributed by atoms with van der Waals surface area (Å²) in [5, 5.41) is 18.8. The monoisotopic (exact) mass is 313 g/mol. The minimum absolute atomic E-state index is 0.0631. The van der Waals surface area contributed by atoms with Gasteiger partial charge in [0.25, 0.3) is 0 Å². The number of carbonyl (C=O) groups is 1. The molecule has 0 aliphatic carbocycles. The number of amides is 1. The molecule has 0 bridgehead atoms. The summed E-state index contributed by atoms with van der Waals surface area (Å²) in [7, 11) is 0. The van der Waals surface area contributed by atoms with Crippen molar-refractivity contribution >= 4 is 17.7 Å². The molecular weight excluding hydrogens is 294 g/mol. The van der Waals surface area contributed by atoms with Gasteiger partial charge in [-0.05, 0) is 30.5 Å². The third-order valence-electron chi connectivity index (χ3n) is 3.72. The Morgan fingerprint density at radius 3 is 3.00 bits per heavy atom. The molecule has 1 saturated heterocycles. The summed E-state index contributed by atoms with van der Waals surface area (Å²) in [5.41, 5.74) is 0.924. The lowest BCUT2D eigenvalue weighted by atomic mass is 9.88. The summed E-state index contributed by atoms with van der Waals surface area (Å²) in [6.07, 6.45) is 0.563. The van der Waals surface area contributed by atoms with Crippen molar-refractivity contribution < 1.29 is 19.7 Å². The number of ether oxygens (including phenoxy) is 1. The quantitative estimate of drug-likeness (QED) is 0.877. The lowest BCUT2D eigenvalue weighted by Gasteiger charge is -2.35. The molecule has 1 aliphatic rings. The van der Waals surface area contributed by atoms with E-state index >= 15 is 0 Å². The van der Waals surface area contributed by atoms with Crippen molar-refractivity contribution in [2.75, 3.05) is 26.3 Å². The van der Waals surface area contributed by atoms with E-state index in [1.807, 2.05) is 18.2 Å². The minimum atomic E-state index is -0.897. The number of benzene rings is 1. The van der Waals surface area contributed by atoms with Crippen LogP contribution >= 0.6 is 11.6 Å². The van der Waals surface area contributed by atoms with E-state index < -0.39 is 6.09 Å². The fourth-order valence-corrected chi connectivity index (χ4v) is 3.00. The summed E-state index contributed by atoms with van der Waals surface area (Å²) in [6.45, 7) is 1.17. The number of rotatable bonds is 5. The molecule has 1 amide bonds. The highest BCUT2D eigenvalue weighted by molar-refractivity contribution is 6.30. The van der Waals surface area contributed by atoms with Gasteiger partial charge >= 0.3 is 6.09 Å². The van der Waals surface area contributed by atoms with Gasteiger partial charge in [0.1, 0.15) is 0 Å². The lowest BCUT2D eigenvalue weighted by Crippen LogP contribution is -2.41. The molecule has 2 N–H and O–H groups in total. The Bertz CT molecular complexity index is 482. The normalized spacial score (nSPS) is 20.3. The number of aliphatic hydroxyl groups excluding tert-OH is 1. The van der Waals surface area contributed by atoms with Crippen LogP contribution < -0.4 is 0 Å². The zero-order chi connectivity index (χ0) is 15.2. The molecule has 0 radical (unpaired) electrons. The van der Waals surface area contributed by atoms with Gasteiger partial charge in [-0.15, -0.1) is 0 Å². The van der Waals surface area contributed by atoms with Crippen LogP contribution in [0, 0.1) is 5.92 Å². The molecule has 6 heteroatoms. The SMILES string of the molecule is O=C(O)N1CCCC([C@@H](OCCO)c2cccc(Cl)c2)C1. The zero-order valence-corrected chi connectivity index (χ0v) is 12.5. The summed E-state index contributed by atoms with van der Waals surface area (Å²) < 4.78 is 5.77. The first kappa shape index (κ1) is 16.1. The largest absolute Gasteiger partial charge is 0.465 e. The molecule has 0 spiro atoms. The van der Waals surface area contributed by atoms with Gasteiger partial charge in [0.15, 0.2) is 0 Å². The van der Waals surface area contributed by atoms with E-state index in [2.05, 4.69) is 0 Å². The number of piperidine rings is 1. The molecule has 2 rings (SSSR count). The second kappa shape index (κ2) is 7.64. The average Bonchev–Trinajstić information content (AvgIpc) is 2.48. The molecule has 5 nitrogen and oxygen atoms in total. The lowest BCUT2D eigenvalue weighted by molar-refractivity contribution is -0.0262. The standard InChI is InChI=1S/C15H20ClNO4/c16-13-5-1-3-11(9-13)14(21-8-7-18)12-4-2-6-17(10-12)15(19)20/h1,3,5,9,12,14,18H,2,4,6-8,10H2,(H,19,20)/t12?,14-/m0/s1. The van der Waals surface area contributed by atoms with Crippen molar-refractivity contribution in [1.82, 2.24) is 4.90 Å². The topological polar surface area (TPSA) is 70.0 Å². The first-order valence-electron chi connectivity index (χ1n) is 7.07. The van der Waals surface area contributed by atoms with Crippen LogP contribution in [0.3, 0.4) is 0 Å². The van der Waals surface area contributed by atoms with E-state index in [4.69, 9.17) is 26.6 Å². The number of aliphatic hydroxyl groups is 1. The van der Waals surface area contributed by atoms with Gasteiger partial charge in [0.05, 0.1) is 19.3 Å². The third kappa shape index (κ3) is 4.33. The Balaban J connectivity index is 2.17. The van der Waals surface area contributed by atoms with Crippen LogP contribution in [0.2, 0.25) is 5.02 Å². The van der Waals surface area contributed by atoms with Crippen molar-refractivity contribution in [3.63, 3.8) is 0 Å². The van der Waals surface area contributed by atoms with Crippen LogP contribution in [0.25, 0.3) is 0 Å². The second-order valence-electron chi connectivity index (χ2n) is 5.20. The molecule has 1 unspecified atom stereocenters. The molecule has 21 heavy (non-hydrogen) atoms. The molecule has 1 aromatic rings.